The predicted octanol–water partition coefficient (Wildman–Crippen LogP) is 4.31. The molecule has 2 N–H and O–H groups in total. The summed E-state index contributed by atoms with van der Waals surface area (Å²) in [5.74, 6) is 1.19. The Hall–Kier alpha value is -4.51. The zero-order valence-corrected chi connectivity index (χ0v) is 22.5. The van der Waals surface area contributed by atoms with Crippen LogP contribution in [0.2, 0.25) is 0 Å². The van der Waals surface area contributed by atoms with Gasteiger partial charge in [-0.25, -0.2) is 8.42 Å². The molecule has 0 spiro atoms. The SMILES string of the molecule is CCOc1ccc([N-]S(=O)(=O)c2ccc3[nH]cc(C(=O)NCCc4ccc(OC)c(OC)c4)c(=O)c3c2)cc1. The Balaban J connectivity index is 1.50. The maximum Gasteiger partial charge on any atom is 0.256 e. The standard InChI is InChI=1S/C28H28N3O7S/c1-4-38-20-8-6-19(7-9-20)31-39(34,35)21-10-11-24-22(16-21)27(32)23(17-30-24)28(33)29-14-13-18-5-12-25(36-2)26(15-18)37-3/h5-12,15-17H,4,13-14H2,1-3H3,(H2,29,30,32,33)/q-1. The molecule has 1 amide bonds. The second-order valence-electron chi connectivity index (χ2n) is 8.43. The van der Waals surface area contributed by atoms with Gasteiger partial charge in [0.2, 0.25) is 5.43 Å². The molecule has 0 aliphatic carbocycles. The Morgan fingerprint density at radius 2 is 1.72 bits per heavy atom. The number of aromatic amines is 1. The Bertz CT molecular complexity index is 1650. The third kappa shape index (κ3) is 6.32. The molecule has 0 aliphatic rings. The van der Waals surface area contributed by atoms with E-state index in [2.05, 4.69) is 15.0 Å². The number of carbonyl (C=O) groups is 1. The van der Waals surface area contributed by atoms with Gasteiger partial charge in [-0.15, -0.1) is 5.69 Å². The lowest BCUT2D eigenvalue weighted by atomic mass is 10.1. The summed E-state index contributed by atoms with van der Waals surface area (Å²) < 4.78 is 45.6. The van der Waals surface area contributed by atoms with E-state index in [1.807, 2.05) is 19.1 Å². The number of nitrogens with zero attached hydrogens (tertiary/aromatic N) is 1. The first-order valence-electron chi connectivity index (χ1n) is 12.1. The minimum absolute atomic E-state index is 0.0607. The van der Waals surface area contributed by atoms with E-state index in [1.54, 1.807) is 32.4 Å². The summed E-state index contributed by atoms with van der Waals surface area (Å²) in [6.07, 6.45) is 1.81. The van der Waals surface area contributed by atoms with E-state index < -0.39 is 21.4 Å². The molecule has 10 nitrogen and oxygen atoms in total. The molecular weight excluding hydrogens is 522 g/mol. The van der Waals surface area contributed by atoms with Gasteiger partial charge in [-0.05, 0) is 61.4 Å². The molecule has 204 valence electrons. The number of hydrogen-bond acceptors (Lipinski definition) is 7. The fourth-order valence-electron chi connectivity index (χ4n) is 3.94. The first kappa shape index (κ1) is 27.5. The molecule has 0 atom stereocenters. The molecule has 0 unspecified atom stereocenters. The lowest BCUT2D eigenvalue weighted by Gasteiger charge is -2.22. The van der Waals surface area contributed by atoms with Crippen molar-refractivity contribution in [3.8, 4) is 17.2 Å². The summed E-state index contributed by atoms with van der Waals surface area (Å²) in [7, 11) is -1.03. The molecule has 1 heterocycles. The van der Waals surface area contributed by atoms with Gasteiger partial charge in [0, 0.05) is 23.6 Å². The third-order valence-electron chi connectivity index (χ3n) is 5.92. The van der Waals surface area contributed by atoms with Gasteiger partial charge in [-0.2, -0.15) is 0 Å². The summed E-state index contributed by atoms with van der Waals surface area (Å²) in [6.45, 7) is 2.60. The summed E-state index contributed by atoms with van der Waals surface area (Å²) in [6, 6.07) is 15.8. The number of sulfonamides is 1. The lowest BCUT2D eigenvalue weighted by molar-refractivity contribution is 0.0953. The van der Waals surface area contributed by atoms with Crippen LogP contribution < -0.4 is 25.0 Å². The van der Waals surface area contributed by atoms with E-state index >= 15 is 0 Å². The van der Waals surface area contributed by atoms with E-state index in [1.165, 1.54) is 36.5 Å². The number of carbonyl (C=O) groups excluding carboxylic acids is 1. The molecule has 0 saturated heterocycles. The van der Waals surface area contributed by atoms with Crippen LogP contribution in [0.25, 0.3) is 15.6 Å². The van der Waals surface area contributed by atoms with Gasteiger partial charge in [-0.1, -0.05) is 18.2 Å². The second-order valence-corrected chi connectivity index (χ2v) is 10.0. The number of methoxy groups -OCH3 is 2. The molecule has 3 aromatic carbocycles. The zero-order chi connectivity index (χ0) is 28.0. The predicted molar refractivity (Wildman–Crippen MR) is 148 cm³/mol. The van der Waals surface area contributed by atoms with Crippen LogP contribution in [0.1, 0.15) is 22.8 Å². The highest BCUT2D eigenvalue weighted by Gasteiger charge is 2.15. The molecule has 4 rings (SSSR count). The van der Waals surface area contributed by atoms with Crippen molar-refractivity contribution < 1.29 is 27.4 Å². The number of H-pyrrole nitrogens is 1. The number of amides is 1. The van der Waals surface area contributed by atoms with E-state index in [0.29, 0.717) is 35.8 Å². The van der Waals surface area contributed by atoms with Crippen LogP contribution in [0.3, 0.4) is 0 Å². The maximum atomic E-state index is 13.1. The monoisotopic (exact) mass is 550 g/mol. The van der Waals surface area contributed by atoms with Crippen LogP contribution in [0.5, 0.6) is 17.2 Å². The number of pyridine rings is 1. The molecule has 4 aromatic rings. The normalized spacial score (nSPS) is 11.2. The summed E-state index contributed by atoms with van der Waals surface area (Å²) in [5.41, 5.74) is 0.793. The van der Waals surface area contributed by atoms with Crippen molar-refractivity contribution in [3.63, 3.8) is 0 Å². The Morgan fingerprint density at radius 3 is 2.41 bits per heavy atom. The molecule has 0 aliphatic heterocycles. The van der Waals surface area contributed by atoms with E-state index in [-0.39, 0.29) is 28.1 Å². The van der Waals surface area contributed by atoms with Crippen LogP contribution in [-0.4, -0.2) is 46.7 Å². The molecule has 0 saturated carbocycles. The van der Waals surface area contributed by atoms with Gasteiger partial charge in [0.1, 0.15) is 21.3 Å². The van der Waals surface area contributed by atoms with Crippen molar-refractivity contribution >= 4 is 32.5 Å². The summed E-state index contributed by atoms with van der Waals surface area (Å²) in [5, 5.41) is 2.79. The number of aromatic nitrogens is 1. The van der Waals surface area contributed by atoms with Crippen molar-refractivity contribution in [2.75, 3.05) is 27.4 Å². The van der Waals surface area contributed by atoms with Crippen LogP contribution in [0, 0.1) is 0 Å². The second kappa shape index (κ2) is 11.9. The molecule has 11 heteroatoms. The van der Waals surface area contributed by atoms with Crippen LogP contribution in [-0.2, 0) is 16.4 Å². The molecule has 0 fully saturated rings. The largest absolute Gasteiger partial charge is 0.573 e. The van der Waals surface area contributed by atoms with Gasteiger partial charge < -0.3 is 29.2 Å². The Morgan fingerprint density at radius 1 is 0.974 bits per heavy atom. The average molecular weight is 551 g/mol. The number of nitrogens with one attached hydrogen (secondary N) is 2. The molecule has 0 bridgehead atoms. The minimum Gasteiger partial charge on any atom is -0.573 e. The lowest BCUT2D eigenvalue weighted by Crippen LogP contribution is -2.30. The highest BCUT2D eigenvalue weighted by Crippen LogP contribution is 2.30. The maximum absolute atomic E-state index is 13.1. The number of hydrogen-bond donors (Lipinski definition) is 2. The van der Waals surface area contributed by atoms with E-state index in [0.717, 1.165) is 5.56 Å². The molecular formula is C28H28N3O7S-. The highest BCUT2D eigenvalue weighted by molar-refractivity contribution is 7.94. The number of benzene rings is 3. The van der Waals surface area contributed by atoms with Gasteiger partial charge >= 0.3 is 0 Å². The first-order chi connectivity index (χ1) is 18.7. The van der Waals surface area contributed by atoms with Crippen molar-refractivity contribution in [2.45, 2.75) is 18.2 Å². The highest BCUT2D eigenvalue weighted by atomic mass is 32.2. The smallest absolute Gasteiger partial charge is 0.256 e. The minimum atomic E-state index is -4.12. The number of fused-ring (bicyclic) bond motifs is 1. The van der Waals surface area contributed by atoms with Crippen molar-refractivity contribution in [3.05, 3.63) is 92.9 Å². The van der Waals surface area contributed by atoms with Crippen molar-refractivity contribution in [1.82, 2.24) is 10.3 Å². The zero-order valence-electron chi connectivity index (χ0n) is 21.7. The van der Waals surface area contributed by atoms with Gasteiger partial charge in [0.05, 0.1) is 25.7 Å². The molecule has 0 radical (unpaired) electrons. The topological polar surface area (TPSA) is 138 Å². The fourth-order valence-corrected chi connectivity index (χ4v) is 4.95. The van der Waals surface area contributed by atoms with E-state index in [4.69, 9.17) is 14.2 Å². The van der Waals surface area contributed by atoms with Crippen molar-refractivity contribution in [1.29, 1.82) is 0 Å². The number of rotatable bonds is 11. The van der Waals surface area contributed by atoms with Crippen LogP contribution >= 0.6 is 0 Å². The van der Waals surface area contributed by atoms with Gasteiger partial charge in [0.15, 0.2) is 11.5 Å². The summed E-state index contributed by atoms with van der Waals surface area (Å²) in [4.78, 5) is 28.7. The van der Waals surface area contributed by atoms with Crippen LogP contribution in [0.4, 0.5) is 5.69 Å². The summed E-state index contributed by atoms with van der Waals surface area (Å²) >= 11 is 0. The third-order valence-corrected chi connectivity index (χ3v) is 7.22. The Labute approximate surface area is 226 Å². The van der Waals surface area contributed by atoms with Gasteiger partial charge in [0.25, 0.3) is 5.91 Å². The first-order valence-corrected chi connectivity index (χ1v) is 13.5. The van der Waals surface area contributed by atoms with Crippen molar-refractivity contribution in [2.24, 2.45) is 0 Å². The quantitative estimate of drug-likeness (QED) is 0.284. The van der Waals surface area contributed by atoms with E-state index in [9.17, 15) is 18.0 Å². The van der Waals surface area contributed by atoms with Gasteiger partial charge in [-0.3, -0.25) is 9.59 Å². The number of ether oxygens (including phenoxy) is 3. The average Bonchev–Trinajstić information content (AvgIpc) is 2.94. The Kier molecular flexibility index (Phi) is 8.40. The van der Waals surface area contributed by atoms with Crippen LogP contribution in [0.15, 0.2) is 76.6 Å². The molecule has 1 aromatic heterocycles. The fraction of sp³-hybridized carbons (Fsp3) is 0.214. The molecule has 39 heavy (non-hydrogen) atoms.